The molecule has 0 aliphatic carbocycles. The average molecular weight is 342 g/mol. The van der Waals surface area contributed by atoms with Crippen LogP contribution in [0.5, 0.6) is 0 Å². The number of rotatable bonds is 7. The molecular formula is C13H16BrN3OS. The summed E-state index contributed by atoms with van der Waals surface area (Å²) >= 11 is 5.15. The Balaban J connectivity index is 1.91. The number of aromatic nitrogens is 3. The third kappa shape index (κ3) is 4.33. The largest absolute Gasteiger partial charge is 0.396 e. The predicted octanol–water partition coefficient (Wildman–Crippen LogP) is 3.49. The van der Waals surface area contributed by atoms with Gasteiger partial charge in [0, 0.05) is 22.4 Å². The van der Waals surface area contributed by atoms with Crippen molar-refractivity contribution >= 4 is 27.7 Å². The summed E-state index contributed by atoms with van der Waals surface area (Å²) in [5, 5.41) is 16.6. The molecule has 0 unspecified atom stereocenters. The molecule has 102 valence electrons. The zero-order chi connectivity index (χ0) is 13.5. The fourth-order valence-electron chi connectivity index (χ4n) is 1.64. The van der Waals surface area contributed by atoms with Crippen molar-refractivity contribution in [3.8, 4) is 11.4 Å². The van der Waals surface area contributed by atoms with Crippen LogP contribution in [0, 0.1) is 0 Å². The van der Waals surface area contributed by atoms with Crippen LogP contribution in [0.25, 0.3) is 11.4 Å². The van der Waals surface area contributed by atoms with Crippen molar-refractivity contribution < 1.29 is 5.11 Å². The van der Waals surface area contributed by atoms with E-state index in [1.54, 1.807) is 11.8 Å². The smallest absolute Gasteiger partial charge is 0.208 e. The van der Waals surface area contributed by atoms with Crippen molar-refractivity contribution in [2.45, 2.75) is 24.4 Å². The fourth-order valence-corrected chi connectivity index (χ4v) is 2.91. The molecule has 2 aromatic rings. The predicted molar refractivity (Wildman–Crippen MR) is 81.2 cm³/mol. The Morgan fingerprint density at radius 1 is 1.21 bits per heavy atom. The molecule has 0 aliphatic heterocycles. The van der Waals surface area contributed by atoms with Gasteiger partial charge in [0.15, 0.2) is 5.82 Å². The third-order valence-corrected chi connectivity index (χ3v) is 4.25. The number of unbranched alkanes of at least 4 members (excludes halogenated alkanes) is 2. The van der Waals surface area contributed by atoms with E-state index in [4.69, 9.17) is 5.11 Å². The molecule has 1 aromatic heterocycles. The van der Waals surface area contributed by atoms with Crippen molar-refractivity contribution in [3.63, 3.8) is 0 Å². The number of hydrogen-bond donors (Lipinski definition) is 2. The van der Waals surface area contributed by atoms with Crippen LogP contribution in [-0.2, 0) is 0 Å². The van der Waals surface area contributed by atoms with Crippen molar-refractivity contribution in [2.75, 3.05) is 12.4 Å². The van der Waals surface area contributed by atoms with Crippen LogP contribution in [0.3, 0.4) is 0 Å². The second-order valence-electron chi connectivity index (χ2n) is 4.08. The Labute approximate surface area is 125 Å². The summed E-state index contributed by atoms with van der Waals surface area (Å²) in [6.07, 6.45) is 2.99. The molecule has 19 heavy (non-hydrogen) atoms. The van der Waals surface area contributed by atoms with E-state index in [-0.39, 0.29) is 6.61 Å². The van der Waals surface area contributed by atoms with Crippen molar-refractivity contribution in [1.29, 1.82) is 0 Å². The van der Waals surface area contributed by atoms with Gasteiger partial charge in [-0.25, -0.2) is 4.98 Å². The quantitative estimate of drug-likeness (QED) is 0.597. The highest BCUT2D eigenvalue weighted by atomic mass is 79.9. The normalized spacial score (nSPS) is 10.8. The van der Waals surface area contributed by atoms with Gasteiger partial charge in [0.2, 0.25) is 5.16 Å². The van der Waals surface area contributed by atoms with E-state index >= 15 is 0 Å². The number of aliphatic hydroxyl groups is 1. The topological polar surface area (TPSA) is 61.8 Å². The highest BCUT2D eigenvalue weighted by molar-refractivity contribution is 9.10. The van der Waals surface area contributed by atoms with Crippen LogP contribution in [0.1, 0.15) is 19.3 Å². The summed E-state index contributed by atoms with van der Waals surface area (Å²) in [6, 6.07) is 7.94. The summed E-state index contributed by atoms with van der Waals surface area (Å²) < 4.78 is 1.01. The number of aliphatic hydroxyl groups excluding tert-OH is 1. The summed E-state index contributed by atoms with van der Waals surface area (Å²) in [5.41, 5.74) is 1.02. The highest BCUT2D eigenvalue weighted by Gasteiger charge is 2.08. The molecule has 0 bridgehead atoms. The summed E-state index contributed by atoms with van der Waals surface area (Å²) in [6.45, 7) is 0.275. The number of benzene rings is 1. The van der Waals surface area contributed by atoms with Gasteiger partial charge in [0.05, 0.1) is 0 Å². The lowest BCUT2D eigenvalue weighted by atomic mass is 10.2. The first-order valence-corrected chi connectivity index (χ1v) is 8.00. The molecule has 6 heteroatoms. The van der Waals surface area contributed by atoms with E-state index < -0.39 is 0 Å². The monoisotopic (exact) mass is 341 g/mol. The standard InChI is InChI=1S/C13H16BrN3OS/c14-11-7-3-2-6-10(11)12-15-13(17-16-12)19-9-5-1-4-8-18/h2-3,6-7,18H,1,4-5,8-9H2,(H,15,16,17). The number of hydrogen-bond acceptors (Lipinski definition) is 4. The Morgan fingerprint density at radius 2 is 2.05 bits per heavy atom. The molecule has 0 aliphatic rings. The Hall–Kier alpha value is -0.850. The number of aromatic amines is 1. The minimum atomic E-state index is 0.275. The molecule has 1 aromatic carbocycles. The van der Waals surface area contributed by atoms with Gasteiger partial charge in [-0.2, -0.15) is 0 Å². The maximum absolute atomic E-state index is 8.70. The van der Waals surface area contributed by atoms with Gasteiger partial charge in [-0.1, -0.05) is 52.3 Å². The Bertz CT molecular complexity index is 518. The molecule has 2 rings (SSSR count). The zero-order valence-electron chi connectivity index (χ0n) is 10.5. The van der Waals surface area contributed by atoms with Gasteiger partial charge in [-0.15, -0.1) is 5.10 Å². The molecule has 0 fully saturated rings. The molecule has 0 amide bonds. The van der Waals surface area contributed by atoms with Gasteiger partial charge in [-0.3, -0.25) is 5.10 Å². The van der Waals surface area contributed by atoms with Gasteiger partial charge >= 0.3 is 0 Å². The van der Waals surface area contributed by atoms with Gasteiger partial charge < -0.3 is 5.11 Å². The molecule has 0 saturated heterocycles. The number of nitrogens with zero attached hydrogens (tertiary/aromatic N) is 2. The number of thioether (sulfide) groups is 1. The number of H-pyrrole nitrogens is 1. The molecule has 0 atom stereocenters. The third-order valence-electron chi connectivity index (χ3n) is 2.63. The van der Waals surface area contributed by atoms with Crippen molar-refractivity contribution in [3.05, 3.63) is 28.7 Å². The first-order valence-electron chi connectivity index (χ1n) is 6.22. The number of halogens is 1. The molecule has 0 spiro atoms. The highest BCUT2D eigenvalue weighted by Crippen LogP contribution is 2.26. The second-order valence-corrected chi connectivity index (χ2v) is 6.00. The maximum Gasteiger partial charge on any atom is 0.208 e. The van der Waals surface area contributed by atoms with E-state index in [1.165, 1.54) is 0 Å². The summed E-state index contributed by atoms with van der Waals surface area (Å²) in [5.74, 6) is 1.76. The van der Waals surface area contributed by atoms with Crippen molar-refractivity contribution in [1.82, 2.24) is 15.2 Å². The van der Waals surface area contributed by atoms with Gasteiger partial charge in [-0.05, 0) is 18.9 Å². The molecule has 4 nitrogen and oxygen atoms in total. The van der Waals surface area contributed by atoms with E-state index in [2.05, 4.69) is 31.1 Å². The zero-order valence-corrected chi connectivity index (χ0v) is 12.9. The average Bonchev–Trinajstić information content (AvgIpc) is 2.88. The summed E-state index contributed by atoms with van der Waals surface area (Å²) in [7, 11) is 0. The fraction of sp³-hybridized carbons (Fsp3) is 0.385. The van der Waals surface area contributed by atoms with Crippen LogP contribution in [0.4, 0.5) is 0 Å². The summed E-state index contributed by atoms with van der Waals surface area (Å²) in [4.78, 5) is 4.48. The van der Waals surface area contributed by atoms with Gasteiger partial charge in [0.1, 0.15) is 0 Å². The lowest BCUT2D eigenvalue weighted by molar-refractivity contribution is 0.284. The minimum absolute atomic E-state index is 0.275. The lowest BCUT2D eigenvalue weighted by Crippen LogP contribution is -1.86. The SMILES string of the molecule is OCCCCCSc1n[nH]c(-c2ccccc2Br)n1. The van der Waals surface area contributed by atoms with Crippen molar-refractivity contribution in [2.24, 2.45) is 0 Å². The van der Waals surface area contributed by atoms with Crippen LogP contribution < -0.4 is 0 Å². The molecule has 0 radical (unpaired) electrons. The molecule has 2 N–H and O–H groups in total. The van der Waals surface area contributed by atoms with Crippen LogP contribution in [0.2, 0.25) is 0 Å². The van der Waals surface area contributed by atoms with E-state index in [0.717, 1.165) is 46.0 Å². The second kappa shape index (κ2) is 7.67. The van der Waals surface area contributed by atoms with Crippen LogP contribution >= 0.6 is 27.7 Å². The Kier molecular flexibility index (Phi) is 5.88. The number of nitrogens with one attached hydrogen (secondary N) is 1. The van der Waals surface area contributed by atoms with E-state index in [0.29, 0.717) is 0 Å². The van der Waals surface area contributed by atoms with Gasteiger partial charge in [0.25, 0.3) is 0 Å². The molecule has 1 heterocycles. The van der Waals surface area contributed by atoms with Crippen LogP contribution in [-0.4, -0.2) is 32.6 Å². The molecular weight excluding hydrogens is 326 g/mol. The minimum Gasteiger partial charge on any atom is -0.396 e. The maximum atomic E-state index is 8.70. The van der Waals surface area contributed by atoms with E-state index in [9.17, 15) is 0 Å². The Morgan fingerprint density at radius 3 is 2.84 bits per heavy atom. The van der Waals surface area contributed by atoms with Crippen LogP contribution in [0.15, 0.2) is 33.9 Å². The first kappa shape index (κ1) is 14.6. The van der Waals surface area contributed by atoms with E-state index in [1.807, 2.05) is 24.3 Å². The first-order chi connectivity index (χ1) is 9.31. The molecule has 0 saturated carbocycles. The lowest BCUT2D eigenvalue weighted by Gasteiger charge is -1.98.